The molecule has 20 heavy (non-hydrogen) atoms. The molecule has 0 unspecified atom stereocenters. The summed E-state index contributed by atoms with van der Waals surface area (Å²) in [5.41, 5.74) is 3.47. The smallest absolute Gasteiger partial charge is 0.411 e. The Balaban J connectivity index is 3.27. The van der Waals surface area contributed by atoms with E-state index in [1.54, 1.807) is 0 Å². The average molecular weight is 270 g/mol. The van der Waals surface area contributed by atoms with Gasteiger partial charge in [-0.3, -0.25) is 4.90 Å². The Morgan fingerprint density at radius 1 is 1.20 bits per heavy atom. The third-order valence-electron chi connectivity index (χ3n) is 3.03. The minimum atomic E-state index is -0.999. The van der Waals surface area contributed by atoms with Crippen LogP contribution in [0.5, 0.6) is 0 Å². The van der Waals surface area contributed by atoms with Gasteiger partial charge in [0.2, 0.25) is 0 Å². The molecule has 0 atom stereocenters. The average Bonchev–Trinajstić information content (AvgIpc) is 2.37. The van der Waals surface area contributed by atoms with Crippen LogP contribution in [0.1, 0.15) is 11.1 Å². The number of hydrogen-bond donors (Lipinski definition) is 1. The van der Waals surface area contributed by atoms with Crippen molar-refractivity contribution in [1.29, 1.82) is 0 Å². The topological polar surface area (TPSA) is 43.8 Å². The van der Waals surface area contributed by atoms with Gasteiger partial charge in [0.05, 0.1) is 13.1 Å². The summed E-state index contributed by atoms with van der Waals surface area (Å²) >= 11 is 0. The van der Waals surface area contributed by atoms with Crippen LogP contribution in [-0.4, -0.2) is 31.3 Å². The van der Waals surface area contributed by atoms with Crippen LogP contribution in [0, 0.1) is 38.5 Å². The number of carboxylic acid groups (broad SMARTS) is 1. The molecule has 0 aromatic heterocycles. The highest BCUT2D eigenvalue weighted by atomic mass is 16.4. The number of terminal acetylenes is 2. The van der Waals surface area contributed by atoms with Gasteiger partial charge in [-0.05, 0) is 37.1 Å². The normalized spacial score (nSPS) is 9.45. The molecule has 1 N–H and O–H groups in total. The van der Waals surface area contributed by atoms with Gasteiger partial charge in [-0.2, -0.15) is 0 Å². The highest BCUT2D eigenvalue weighted by molar-refractivity contribution is 5.86. The molecule has 0 bridgehead atoms. The number of benzene rings is 1. The zero-order valence-corrected chi connectivity index (χ0v) is 12.0. The van der Waals surface area contributed by atoms with E-state index in [9.17, 15) is 4.79 Å². The van der Waals surface area contributed by atoms with Gasteiger partial charge < -0.3 is 10.0 Å². The molecular formula is C16H18N2O2. The first kappa shape index (κ1) is 15.5. The molecule has 0 fully saturated rings. The molecule has 0 saturated carbocycles. The number of anilines is 2. The van der Waals surface area contributed by atoms with Gasteiger partial charge in [-0.25, -0.2) is 4.79 Å². The summed E-state index contributed by atoms with van der Waals surface area (Å²) in [6.07, 6.45) is 9.74. The Kier molecular flexibility index (Phi) is 5.06. The first-order valence-corrected chi connectivity index (χ1v) is 6.12. The van der Waals surface area contributed by atoms with Crippen molar-refractivity contribution in [2.75, 3.05) is 29.9 Å². The van der Waals surface area contributed by atoms with Crippen LogP contribution in [0.3, 0.4) is 0 Å². The minimum absolute atomic E-state index is 0.417. The molecule has 0 aliphatic rings. The number of carbonyl (C=O) groups is 1. The molecule has 0 saturated heterocycles. The third kappa shape index (κ3) is 3.24. The maximum atomic E-state index is 11.0. The van der Waals surface area contributed by atoms with E-state index >= 15 is 0 Å². The number of rotatable bonds is 4. The molecule has 0 spiro atoms. The number of nitrogens with zero attached hydrogens (tertiary/aromatic N) is 2. The molecule has 4 nitrogen and oxygen atoms in total. The first-order valence-electron chi connectivity index (χ1n) is 6.12. The zero-order valence-electron chi connectivity index (χ0n) is 12.0. The lowest BCUT2D eigenvalue weighted by atomic mass is 10.1. The van der Waals surface area contributed by atoms with Gasteiger partial charge >= 0.3 is 6.09 Å². The van der Waals surface area contributed by atoms with Crippen molar-refractivity contribution in [3.05, 3.63) is 23.3 Å². The molecule has 0 radical (unpaired) electrons. The second-order valence-corrected chi connectivity index (χ2v) is 4.53. The summed E-state index contributed by atoms with van der Waals surface area (Å²) < 4.78 is 0. The van der Waals surface area contributed by atoms with Crippen molar-refractivity contribution in [1.82, 2.24) is 0 Å². The predicted octanol–water partition coefficient (Wildman–Crippen LogP) is 2.49. The fourth-order valence-corrected chi connectivity index (χ4v) is 2.17. The summed E-state index contributed by atoms with van der Waals surface area (Å²) in [7, 11) is 1.51. The highest BCUT2D eigenvalue weighted by Crippen LogP contribution is 2.29. The third-order valence-corrected chi connectivity index (χ3v) is 3.03. The van der Waals surface area contributed by atoms with Gasteiger partial charge in [0.1, 0.15) is 0 Å². The largest absolute Gasteiger partial charge is 0.465 e. The van der Waals surface area contributed by atoms with Crippen molar-refractivity contribution < 1.29 is 9.90 Å². The Hall–Kier alpha value is -2.59. The molecule has 1 aromatic rings. The number of aryl methyl sites for hydroxylation is 2. The Bertz CT molecular complexity index is 554. The quantitative estimate of drug-likeness (QED) is 0.855. The van der Waals surface area contributed by atoms with Crippen LogP contribution in [0.4, 0.5) is 16.2 Å². The van der Waals surface area contributed by atoms with E-state index < -0.39 is 6.09 Å². The zero-order chi connectivity index (χ0) is 15.3. The summed E-state index contributed by atoms with van der Waals surface area (Å²) in [5.74, 6) is 5.17. The molecular weight excluding hydrogens is 252 g/mol. The van der Waals surface area contributed by atoms with Gasteiger partial charge in [0.15, 0.2) is 0 Å². The van der Waals surface area contributed by atoms with E-state index in [2.05, 4.69) is 11.8 Å². The maximum absolute atomic E-state index is 11.0. The number of hydrogen-bond acceptors (Lipinski definition) is 2. The van der Waals surface area contributed by atoms with E-state index in [-0.39, 0.29) is 0 Å². The molecule has 4 heteroatoms. The fourth-order valence-electron chi connectivity index (χ4n) is 2.17. The highest BCUT2D eigenvalue weighted by Gasteiger charge is 2.15. The van der Waals surface area contributed by atoms with E-state index in [0.717, 1.165) is 16.8 Å². The second kappa shape index (κ2) is 6.54. The Morgan fingerprint density at radius 2 is 1.65 bits per heavy atom. The fraction of sp³-hybridized carbons (Fsp3) is 0.312. The van der Waals surface area contributed by atoms with Crippen molar-refractivity contribution in [3.63, 3.8) is 0 Å². The Morgan fingerprint density at radius 3 is 2.00 bits per heavy atom. The van der Waals surface area contributed by atoms with Gasteiger partial charge in [0.25, 0.3) is 0 Å². The van der Waals surface area contributed by atoms with Crippen LogP contribution in [0.25, 0.3) is 0 Å². The van der Waals surface area contributed by atoms with E-state index in [4.69, 9.17) is 18.0 Å². The summed E-state index contributed by atoms with van der Waals surface area (Å²) in [5, 5.41) is 9.03. The predicted molar refractivity (Wildman–Crippen MR) is 82.2 cm³/mol. The van der Waals surface area contributed by atoms with E-state index in [1.807, 2.05) is 30.9 Å². The van der Waals surface area contributed by atoms with Crippen LogP contribution in [0.15, 0.2) is 12.1 Å². The first-order chi connectivity index (χ1) is 9.42. The lowest BCUT2D eigenvalue weighted by molar-refractivity contribution is 0.203. The monoisotopic (exact) mass is 270 g/mol. The lowest BCUT2D eigenvalue weighted by Gasteiger charge is -2.26. The molecule has 1 rings (SSSR count). The van der Waals surface area contributed by atoms with Gasteiger partial charge in [-0.1, -0.05) is 11.8 Å². The second-order valence-electron chi connectivity index (χ2n) is 4.53. The van der Waals surface area contributed by atoms with Gasteiger partial charge in [0, 0.05) is 18.4 Å². The molecule has 0 aliphatic heterocycles. The van der Waals surface area contributed by atoms with Crippen LogP contribution in [0.2, 0.25) is 0 Å². The van der Waals surface area contributed by atoms with Crippen LogP contribution < -0.4 is 9.80 Å². The number of amides is 1. The Labute approximate surface area is 120 Å². The molecule has 1 amide bonds. The minimum Gasteiger partial charge on any atom is -0.465 e. The SMILES string of the molecule is C#CCN(CC#C)c1c(C)cc(N(C)C(=O)O)cc1C. The molecule has 0 aliphatic carbocycles. The lowest BCUT2D eigenvalue weighted by Crippen LogP contribution is -2.27. The van der Waals surface area contributed by atoms with Crippen molar-refractivity contribution >= 4 is 17.5 Å². The summed E-state index contributed by atoms with van der Waals surface area (Å²) in [4.78, 5) is 14.1. The van der Waals surface area contributed by atoms with Crippen LogP contribution in [-0.2, 0) is 0 Å². The summed E-state index contributed by atoms with van der Waals surface area (Å²) in [6, 6.07) is 3.63. The van der Waals surface area contributed by atoms with Crippen molar-refractivity contribution in [3.8, 4) is 24.7 Å². The summed E-state index contributed by atoms with van der Waals surface area (Å²) in [6.45, 7) is 4.67. The van der Waals surface area contributed by atoms with Crippen molar-refractivity contribution in [2.24, 2.45) is 0 Å². The van der Waals surface area contributed by atoms with Crippen LogP contribution >= 0.6 is 0 Å². The van der Waals surface area contributed by atoms with Crippen molar-refractivity contribution in [2.45, 2.75) is 13.8 Å². The van der Waals surface area contributed by atoms with E-state index in [1.165, 1.54) is 11.9 Å². The van der Waals surface area contributed by atoms with Gasteiger partial charge in [-0.15, -0.1) is 12.8 Å². The standard InChI is InChI=1S/C16H18N2O2/c1-6-8-18(9-7-2)15-12(3)10-14(11-13(15)4)17(5)16(19)20/h1-2,10-11H,8-9H2,3-5H3,(H,19,20). The maximum Gasteiger partial charge on any atom is 0.411 e. The molecule has 0 heterocycles. The van der Waals surface area contributed by atoms with E-state index in [0.29, 0.717) is 18.8 Å². The molecule has 104 valence electrons. The molecule has 1 aromatic carbocycles.